The number of fused-ring (bicyclic) bond motifs is 1. The fourth-order valence-corrected chi connectivity index (χ4v) is 7.26. The van der Waals surface area contributed by atoms with E-state index in [-0.39, 0.29) is 40.3 Å². The zero-order chi connectivity index (χ0) is 19.6. The number of hydrogen-bond acceptors (Lipinski definition) is 4. The van der Waals surface area contributed by atoms with Gasteiger partial charge >= 0.3 is 0 Å². The highest BCUT2D eigenvalue weighted by Gasteiger charge is 2.58. The van der Waals surface area contributed by atoms with Crippen LogP contribution in [0.3, 0.4) is 0 Å². The molecule has 0 radical (unpaired) electrons. The molecular weight excluding hydrogens is 348 g/mol. The van der Waals surface area contributed by atoms with Gasteiger partial charge in [0, 0.05) is 18.3 Å². The number of hydrogen-bond donors (Lipinski definition) is 0. The Bertz CT molecular complexity index is 590. The minimum atomic E-state index is -3.15. The van der Waals surface area contributed by atoms with Crippen LogP contribution in [0.2, 0.25) is 0 Å². The summed E-state index contributed by atoms with van der Waals surface area (Å²) in [7, 11) is -3.15. The zero-order valence-corrected chi connectivity index (χ0v) is 18.2. The summed E-state index contributed by atoms with van der Waals surface area (Å²) in [5.74, 6) is 1.19. The van der Waals surface area contributed by atoms with Gasteiger partial charge in [0.1, 0.15) is 5.78 Å². The van der Waals surface area contributed by atoms with Crippen LogP contribution >= 0.6 is 0 Å². The van der Waals surface area contributed by atoms with E-state index in [1.807, 2.05) is 20.8 Å². The normalized spacial score (nSPS) is 32.7. The van der Waals surface area contributed by atoms with Gasteiger partial charge in [0.25, 0.3) is 0 Å². The largest absolute Gasteiger partial charge is 0.372 e. The summed E-state index contributed by atoms with van der Waals surface area (Å²) < 4.78 is 32.3. The lowest BCUT2D eigenvalue weighted by atomic mass is 9.67. The van der Waals surface area contributed by atoms with E-state index >= 15 is 0 Å². The van der Waals surface area contributed by atoms with E-state index in [2.05, 4.69) is 13.8 Å². The number of carbonyl (C=O) groups is 1. The quantitative estimate of drug-likeness (QED) is 0.574. The second kappa shape index (κ2) is 8.30. The van der Waals surface area contributed by atoms with Crippen LogP contribution in [-0.4, -0.2) is 37.4 Å². The van der Waals surface area contributed by atoms with Crippen LogP contribution in [0.5, 0.6) is 0 Å². The molecule has 2 saturated carbocycles. The van der Waals surface area contributed by atoms with Crippen LogP contribution in [0.1, 0.15) is 86.0 Å². The molecule has 0 bridgehead atoms. The molecule has 26 heavy (non-hydrogen) atoms. The topological polar surface area (TPSA) is 60.4 Å². The van der Waals surface area contributed by atoms with Gasteiger partial charge in [0.15, 0.2) is 9.84 Å². The van der Waals surface area contributed by atoms with Crippen LogP contribution in [-0.2, 0) is 19.4 Å². The van der Waals surface area contributed by atoms with Crippen LogP contribution in [0.15, 0.2) is 0 Å². The molecule has 4 atom stereocenters. The van der Waals surface area contributed by atoms with Crippen molar-refractivity contribution in [3.63, 3.8) is 0 Å². The molecule has 0 aromatic carbocycles. The lowest BCUT2D eigenvalue weighted by molar-refractivity contribution is -0.139. The van der Waals surface area contributed by atoms with Crippen molar-refractivity contribution in [2.75, 3.05) is 11.5 Å². The average Bonchev–Trinajstić information content (AvgIpc) is 2.74. The third kappa shape index (κ3) is 5.31. The molecule has 2 aliphatic carbocycles. The van der Waals surface area contributed by atoms with Gasteiger partial charge in [0.2, 0.25) is 0 Å². The van der Waals surface area contributed by atoms with Crippen LogP contribution in [0.25, 0.3) is 0 Å². The number of ether oxygens (including phenoxy) is 1. The Balaban J connectivity index is 2.23. The summed E-state index contributed by atoms with van der Waals surface area (Å²) in [6.07, 6.45) is 6.43. The molecule has 0 aromatic rings. The van der Waals surface area contributed by atoms with E-state index in [9.17, 15) is 13.2 Å². The maximum Gasteiger partial charge on any atom is 0.150 e. The summed E-state index contributed by atoms with van der Waals surface area (Å²) >= 11 is 0. The minimum absolute atomic E-state index is 0.0778. The number of rotatable bonds is 8. The molecule has 0 saturated heterocycles. The van der Waals surface area contributed by atoms with E-state index in [0.29, 0.717) is 25.2 Å². The van der Waals surface area contributed by atoms with Crippen molar-refractivity contribution in [1.29, 1.82) is 0 Å². The van der Waals surface area contributed by atoms with Gasteiger partial charge in [-0.15, -0.1) is 0 Å². The third-order valence-electron chi connectivity index (χ3n) is 6.17. The highest BCUT2D eigenvalue weighted by atomic mass is 32.2. The lowest BCUT2D eigenvalue weighted by Gasteiger charge is -2.45. The fraction of sp³-hybridized carbons (Fsp3) is 0.952. The molecule has 0 spiro atoms. The molecule has 2 fully saturated rings. The summed E-state index contributed by atoms with van der Waals surface area (Å²) in [5.41, 5.74) is -0.697. The Morgan fingerprint density at radius 1 is 1.19 bits per heavy atom. The van der Waals surface area contributed by atoms with Crippen molar-refractivity contribution in [1.82, 2.24) is 0 Å². The van der Waals surface area contributed by atoms with Gasteiger partial charge in [-0.05, 0) is 51.9 Å². The fourth-order valence-electron chi connectivity index (χ4n) is 5.10. The van der Waals surface area contributed by atoms with Gasteiger partial charge in [-0.2, -0.15) is 0 Å². The third-order valence-corrected chi connectivity index (χ3v) is 8.06. The number of unbranched alkanes of at least 4 members (excludes halogenated alkanes) is 3. The summed E-state index contributed by atoms with van der Waals surface area (Å²) in [6, 6.07) is 0. The van der Waals surface area contributed by atoms with E-state index in [1.165, 1.54) is 0 Å². The van der Waals surface area contributed by atoms with Gasteiger partial charge < -0.3 is 4.74 Å². The van der Waals surface area contributed by atoms with Gasteiger partial charge in [-0.25, -0.2) is 8.42 Å². The van der Waals surface area contributed by atoms with Gasteiger partial charge in [-0.3, -0.25) is 4.79 Å². The van der Waals surface area contributed by atoms with Crippen molar-refractivity contribution in [2.45, 2.75) is 97.7 Å². The SMILES string of the molecule is CCCCCCS(=O)(=O)CC12CCC(=O)CC1CC(C)[C@@H]2OC(C)(C)C. The molecule has 2 aliphatic rings. The molecule has 0 aromatic heterocycles. The Kier molecular flexibility index (Phi) is 6.98. The minimum Gasteiger partial charge on any atom is -0.372 e. The molecule has 0 aliphatic heterocycles. The maximum atomic E-state index is 13.0. The number of sulfone groups is 1. The molecule has 0 N–H and O–H groups in total. The Labute approximate surface area is 160 Å². The Morgan fingerprint density at radius 2 is 1.88 bits per heavy atom. The Morgan fingerprint density at radius 3 is 2.50 bits per heavy atom. The monoisotopic (exact) mass is 386 g/mol. The van der Waals surface area contributed by atoms with Crippen LogP contribution in [0, 0.1) is 17.3 Å². The average molecular weight is 387 g/mol. The van der Waals surface area contributed by atoms with Crippen LogP contribution < -0.4 is 0 Å². The Hall–Kier alpha value is -0.420. The van der Waals surface area contributed by atoms with Crippen molar-refractivity contribution >= 4 is 15.6 Å². The highest BCUT2D eigenvalue weighted by Crippen LogP contribution is 2.56. The van der Waals surface area contributed by atoms with Crippen molar-refractivity contribution in [3.8, 4) is 0 Å². The maximum absolute atomic E-state index is 13.0. The summed E-state index contributed by atoms with van der Waals surface area (Å²) in [4.78, 5) is 12.1. The van der Waals surface area contributed by atoms with Crippen molar-refractivity contribution < 1.29 is 17.9 Å². The lowest BCUT2D eigenvalue weighted by Crippen LogP contribution is -2.50. The van der Waals surface area contributed by atoms with E-state index in [4.69, 9.17) is 4.74 Å². The first kappa shape index (κ1) is 21.9. The predicted molar refractivity (Wildman–Crippen MR) is 106 cm³/mol. The van der Waals surface area contributed by atoms with E-state index < -0.39 is 9.84 Å². The first-order valence-corrected chi connectivity index (χ1v) is 12.2. The second-order valence-corrected chi connectivity index (χ2v) is 11.9. The molecule has 0 heterocycles. The predicted octanol–water partition coefficient (Wildman–Crippen LogP) is 4.56. The molecule has 5 heteroatoms. The summed E-state index contributed by atoms with van der Waals surface area (Å²) in [6.45, 7) is 10.4. The molecule has 2 rings (SSSR count). The standard InChI is InChI=1S/C21H38O4S/c1-6-7-8-9-12-26(23,24)15-21-11-10-18(22)14-17(21)13-16(2)19(21)25-20(3,4)5/h16-17,19H,6-15H2,1-5H3/t16?,17?,19-,21?/m0/s1. The highest BCUT2D eigenvalue weighted by molar-refractivity contribution is 7.91. The van der Waals surface area contributed by atoms with Gasteiger partial charge in [-0.1, -0.05) is 33.1 Å². The number of carbonyl (C=O) groups excluding carboxylic acids is 1. The molecule has 0 amide bonds. The number of ketones is 1. The number of Topliss-reactive ketones (excluding diaryl/α,β-unsaturated/α-hetero) is 1. The van der Waals surface area contributed by atoms with E-state index in [1.54, 1.807) is 0 Å². The molecular formula is C21H38O4S. The zero-order valence-electron chi connectivity index (χ0n) is 17.3. The molecule has 3 unspecified atom stereocenters. The molecule has 4 nitrogen and oxygen atoms in total. The molecule has 152 valence electrons. The van der Waals surface area contributed by atoms with Crippen LogP contribution in [0.4, 0.5) is 0 Å². The summed E-state index contributed by atoms with van der Waals surface area (Å²) in [5, 5.41) is 0. The smallest absolute Gasteiger partial charge is 0.150 e. The van der Waals surface area contributed by atoms with E-state index in [0.717, 1.165) is 32.1 Å². The first-order chi connectivity index (χ1) is 12.0. The van der Waals surface area contributed by atoms with Gasteiger partial charge in [0.05, 0.1) is 23.2 Å². The second-order valence-electron chi connectivity index (χ2n) is 9.69. The van der Waals surface area contributed by atoms with Crippen molar-refractivity contribution in [3.05, 3.63) is 0 Å². The first-order valence-electron chi connectivity index (χ1n) is 10.4. The van der Waals surface area contributed by atoms with Crippen molar-refractivity contribution in [2.24, 2.45) is 17.3 Å².